The second-order valence-corrected chi connectivity index (χ2v) is 6.56. The third-order valence-corrected chi connectivity index (χ3v) is 5.33. The average molecular weight is 262 g/mol. The van der Waals surface area contributed by atoms with Crippen molar-refractivity contribution in [1.29, 1.82) is 0 Å². The number of carbonyl (C=O) groups is 1. The van der Waals surface area contributed by atoms with Crippen molar-refractivity contribution in [2.24, 2.45) is 22.4 Å². The summed E-state index contributed by atoms with van der Waals surface area (Å²) in [5, 5.41) is 6.05. The summed E-state index contributed by atoms with van der Waals surface area (Å²) >= 11 is 1.62. The van der Waals surface area contributed by atoms with Crippen LogP contribution in [-0.2, 0) is 4.79 Å². The van der Waals surface area contributed by atoms with Gasteiger partial charge < -0.3 is 0 Å². The maximum absolute atomic E-state index is 12.1. The lowest BCUT2D eigenvalue weighted by Crippen LogP contribution is -2.22. The van der Waals surface area contributed by atoms with Gasteiger partial charge in [0, 0.05) is 10.8 Å². The third-order valence-electron chi connectivity index (χ3n) is 4.52. The van der Waals surface area contributed by atoms with Crippen LogP contribution in [0.15, 0.2) is 22.6 Å². The molecule has 0 saturated heterocycles. The maximum Gasteiger partial charge on any atom is 0.244 e. The third kappa shape index (κ3) is 1.99. The molecule has 2 aliphatic rings. The topological polar surface area (TPSA) is 41.5 Å². The summed E-state index contributed by atoms with van der Waals surface area (Å²) in [6.45, 7) is 2.25. The van der Waals surface area contributed by atoms with Crippen molar-refractivity contribution in [2.45, 2.75) is 32.6 Å². The molecule has 1 amide bonds. The molecule has 1 N–H and O–H groups in total. The van der Waals surface area contributed by atoms with Gasteiger partial charge in [0.25, 0.3) is 0 Å². The lowest BCUT2D eigenvalue weighted by molar-refractivity contribution is -0.123. The van der Waals surface area contributed by atoms with E-state index in [9.17, 15) is 4.79 Å². The number of rotatable bonds is 3. The van der Waals surface area contributed by atoms with Gasteiger partial charge in [-0.2, -0.15) is 5.10 Å². The van der Waals surface area contributed by atoms with Crippen molar-refractivity contribution in [2.75, 3.05) is 0 Å². The average Bonchev–Trinajstić information content (AvgIpc) is 2.71. The molecule has 0 spiro atoms. The first kappa shape index (κ1) is 11.9. The molecule has 0 radical (unpaired) electrons. The summed E-state index contributed by atoms with van der Waals surface area (Å²) in [6.07, 6.45) is 6.68. The number of hydrogen-bond acceptors (Lipinski definition) is 3. The van der Waals surface area contributed by atoms with Gasteiger partial charge in [-0.05, 0) is 35.6 Å². The van der Waals surface area contributed by atoms with Crippen LogP contribution in [0.1, 0.15) is 37.5 Å². The van der Waals surface area contributed by atoms with Crippen LogP contribution in [0.2, 0.25) is 0 Å². The van der Waals surface area contributed by atoms with Crippen LogP contribution in [0.25, 0.3) is 0 Å². The van der Waals surface area contributed by atoms with Gasteiger partial charge in [0.15, 0.2) is 0 Å². The normalized spacial score (nSPS) is 34.3. The van der Waals surface area contributed by atoms with Crippen LogP contribution in [-0.4, -0.2) is 12.1 Å². The Kier molecular flexibility index (Phi) is 2.98. The molecule has 2 fully saturated rings. The zero-order chi connectivity index (χ0) is 12.6. The molecule has 1 heterocycles. The molecular formula is C14H18N2OS. The van der Waals surface area contributed by atoms with E-state index >= 15 is 0 Å². The highest BCUT2D eigenvalue weighted by molar-refractivity contribution is 7.11. The number of amides is 1. The second-order valence-electron chi connectivity index (χ2n) is 5.59. The van der Waals surface area contributed by atoms with Crippen molar-refractivity contribution in [3.05, 3.63) is 22.4 Å². The summed E-state index contributed by atoms with van der Waals surface area (Å²) < 4.78 is 0. The molecule has 0 aromatic carbocycles. The fraction of sp³-hybridized carbons (Fsp3) is 0.571. The van der Waals surface area contributed by atoms with Crippen LogP contribution in [0.3, 0.4) is 0 Å². The number of hydrogen-bond donors (Lipinski definition) is 1. The Balaban J connectivity index is 1.57. The Morgan fingerprint density at radius 1 is 1.61 bits per heavy atom. The molecule has 2 saturated carbocycles. The highest BCUT2D eigenvalue weighted by atomic mass is 32.1. The van der Waals surface area contributed by atoms with Crippen molar-refractivity contribution in [3.8, 4) is 0 Å². The first-order valence-electron chi connectivity index (χ1n) is 6.58. The first-order valence-corrected chi connectivity index (χ1v) is 7.46. The largest absolute Gasteiger partial charge is 0.273 e. The van der Waals surface area contributed by atoms with Gasteiger partial charge >= 0.3 is 0 Å². The predicted molar refractivity (Wildman–Crippen MR) is 73.6 cm³/mol. The molecule has 3 atom stereocenters. The van der Waals surface area contributed by atoms with Gasteiger partial charge in [-0.15, -0.1) is 11.3 Å². The molecule has 0 unspecified atom stereocenters. The molecule has 18 heavy (non-hydrogen) atoms. The summed E-state index contributed by atoms with van der Waals surface area (Å²) in [6, 6.07) is 3.96. The van der Waals surface area contributed by atoms with E-state index in [1.165, 1.54) is 25.7 Å². The summed E-state index contributed by atoms with van der Waals surface area (Å²) in [7, 11) is 0. The fourth-order valence-corrected chi connectivity index (χ4v) is 4.03. The van der Waals surface area contributed by atoms with E-state index in [4.69, 9.17) is 0 Å². The summed E-state index contributed by atoms with van der Waals surface area (Å²) in [4.78, 5) is 13.1. The highest BCUT2D eigenvalue weighted by Gasteiger charge is 2.64. The standard InChI is InChI=1S/C14H18N2OS/c1-14-7-3-2-6-11(14)12(14)13(17)16-15-9-10-5-4-8-18-10/h4-5,8-9,11-12H,2-3,6-7H2,1H3,(H,16,17)/b15-9+/t11-,12+,14+/m1/s1. The smallest absolute Gasteiger partial charge is 0.244 e. The van der Waals surface area contributed by atoms with Crippen molar-refractivity contribution < 1.29 is 4.79 Å². The van der Waals surface area contributed by atoms with E-state index in [1.807, 2.05) is 17.5 Å². The van der Waals surface area contributed by atoms with Gasteiger partial charge in [-0.1, -0.05) is 25.8 Å². The van der Waals surface area contributed by atoms with E-state index in [0.717, 1.165) is 4.88 Å². The Morgan fingerprint density at radius 2 is 2.50 bits per heavy atom. The van der Waals surface area contributed by atoms with Gasteiger partial charge in [0.2, 0.25) is 5.91 Å². The molecule has 0 bridgehead atoms. The SMILES string of the molecule is C[C@]12CCCC[C@@H]1[C@H]2C(=O)N/N=C/c1cccs1. The summed E-state index contributed by atoms with van der Waals surface area (Å²) in [5.74, 6) is 0.904. The van der Waals surface area contributed by atoms with E-state index in [1.54, 1.807) is 17.6 Å². The Bertz CT molecular complexity index is 468. The minimum absolute atomic E-state index is 0.109. The second kappa shape index (κ2) is 4.50. The lowest BCUT2D eigenvalue weighted by atomic mass is 9.90. The number of nitrogens with one attached hydrogen (secondary N) is 1. The fourth-order valence-electron chi connectivity index (χ4n) is 3.44. The molecule has 3 rings (SSSR count). The minimum atomic E-state index is 0.109. The number of thiophene rings is 1. The van der Waals surface area contributed by atoms with Gasteiger partial charge in [0.1, 0.15) is 0 Å². The van der Waals surface area contributed by atoms with Crippen LogP contribution in [0.4, 0.5) is 0 Å². The number of nitrogens with zero attached hydrogens (tertiary/aromatic N) is 1. The van der Waals surface area contributed by atoms with Crippen LogP contribution in [0.5, 0.6) is 0 Å². The van der Waals surface area contributed by atoms with E-state index in [-0.39, 0.29) is 17.2 Å². The molecule has 1 aromatic heterocycles. The zero-order valence-corrected chi connectivity index (χ0v) is 11.4. The lowest BCUT2D eigenvalue weighted by Gasteiger charge is -2.15. The monoisotopic (exact) mass is 262 g/mol. The Labute approximate surface area is 111 Å². The quantitative estimate of drug-likeness (QED) is 0.660. The van der Waals surface area contributed by atoms with Gasteiger partial charge in [-0.25, -0.2) is 5.43 Å². The minimum Gasteiger partial charge on any atom is -0.273 e. The summed E-state index contributed by atoms with van der Waals surface area (Å²) in [5.41, 5.74) is 2.97. The van der Waals surface area contributed by atoms with Gasteiger partial charge in [0.05, 0.1) is 6.21 Å². The molecule has 3 nitrogen and oxygen atoms in total. The number of fused-ring (bicyclic) bond motifs is 1. The Hall–Kier alpha value is -1.16. The van der Waals surface area contributed by atoms with Gasteiger partial charge in [-0.3, -0.25) is 4.79 Å². The Morgan fingerprint density at radius 3 is 3.17 bits per heavy atom. The van der Waals surface area contributed by atoms with Crippen molar-refractivity contribution in [3.63, 3.8) is 0 Å². The molecule has 1 aromatic rings. The van der Waals surface area contributed by atoms with Crippen molar-refractivity contribution in [1.82, 2.24) is 5.43 Å². The molecular weight excluding hydrogens is 244 g/mol. The molecule has 0 aliphatic heterocycles. The number of hydrazone groups is 1. The predicted octanol–water partition coefficient (Wildman–Crippen LogP) is 3.02. The van der Waals surface area contributed by atoms with Crippen LogP contribution >= 0.6 is 11.3 Å². The van der Waals surface area contributed by atoms with E-state index < -0.39 is 0 Å². The zero-order valence-electron chi connectivity index (χ0n) is 10.6. The van der Waals surface area contributed by atoms with Crippen molar-refractivity contribution >= 4 is 23.5 Å². The molecule has 96 valence electrons. The molecule has 2 aliphatic carbocycles. The van der Waals surface area contributed by atoms with Crippen LogP contribution < -0.4 is 5.43 Å². The van der Waals surface area contributed by atoms with E-state index in [2.05, 4.69) is 17.5 Å². The molecule has 4 heteroatoms. The van der Waals surface area contributed by atoms with Crippen LogP contribution in [0, 0.1) is 17.3 Å². The maximum atomic E-state index is 12.1. The first-order chi connectivity index (χ1) is 8.72. The number of carbonyl (C=O) groups excluding carboxylic acids is 1. The highest BCUT2D eigenvalue weighted by Crippen LogP contribution is 2.66. The van der Waals surface area contributed by atoms with E-state index in [0.29, 0.717) is 5.92 Å².